The van der Waals surface area contributed by atoms with Crippen LogP contribution in [0.15, 0.2) is 18.2 Å². The van der Waals surface area contributed by atoms with E-state index >= 15 is 0 Å². The third kappa shape index (κ3) is 3.69. The molecule has 2 aromatic rings. The van der Waals surface area contributed by atoms with Crippen molar-refractivity contribution in [2.75, 3.05) is 30.9 Å². The Morgan fingerprint density at radius 1 is 1.29 bits per heavy atom. The lowest BCUT2D eigenvalue weighted by atomic mass is 10.3. The van der Waals surface area contributed by atoms with Crippen LogP contribution in [0, 0.1) is 5.82 Å². The smallest absolute Gasteiger partial charge is 0.328 e. The van der Waals surface area contributed by atoms with Crippen LogP contribution in [-0.2, 0) is 0 Å². The number of rotatable bonds is 5. The molecule has 0 spiro atoms. The Bertz CT molecular complexity index is 638. The first-order chi connectivity index (χ1) is 10.0. The maximum Gasteiger partial charge on any atom is 0.328 e. The fraction of sp³-hybridized carbons (Fsp3) is 0.308. The SMILES string of the molecule is CCNc1nc(Oc2cccc(Cl)c2F)nc(N(C)C)n1. The highest BCUT2D eigenvalue weighted by Crippen LogP contribution is 2.27. The molecule has 6 nitrogen and oxygen atoms in total. The highest BCUT2D eigenvalue weighted by atomic mass is 35.5. The van der Waals surface area contributed by atoms with Gasteiger partial charge in [-0.2, -0.15) is 15.0 Å². The summed E-state index contributed by atoms with van der Waals surface area (Å²) in [6, 6.07) is 4.46. The van der Waals surface area contributed by atoms with E-state index in [1.54, 1.807) is 25.1 Å². The first-order valence-corrected chi connectivity index (χ1v) is 6.68. The van der Waals surface area contributed by atoms with Crippen LogP contribution < -0.4 is 15.0 Å². The summed E-state index contributed by atoms with van der Waals surface area (Å²) in [5, 5.41) is 2.94. The van der Waals surface area contributed by atoms with Gasteiger partial charge in [-0.15, -0.1) is 0 Å². The predicted molar refractivity (Wildman–Crippen MR) is 79.8 cm³/mol. The van der Waals surface area contributed by atoms with Gasteiger partial charge in [0.1, 0.15) is 0 Å². The third-order valence-corrected chi connectivity index (χ3v) is 2.75. The minimum Gasteiger partial charge on any atom is -0.421 e. The molecule has 21 heavy (non-hydrogen) atoms. The van der Waals surface area contributed by atoms with Crippen molar-refractivity contribution < 1.29 is 9.13 Å². The number of halogens is 2. The van der Waals surface area contributed by atoms with Gasteiger partial charge in [0.15, 0.2) is 11.6 Å². The summed E-state index contributed by atoms with van der Waals surface area (Å²) in [5.74, 6) is 0.0591. The van der Waals surface area contributed by atoms with E-state index in [0.29, 0.717) is 18.4 Å². The Labute approximate surface area is 126 Å². The van der Waals surface area contributed by atoms with Crippen LogP contribution in [0.5, 0.6) is 11.8 Å². The van der Waals surface area contributed by atoms with Crippen LogP contribution in [0.2, 0.25) is 5.02 Å². The standard InChI is InChI=1S/C13H15ClFN5O/c1-4-16-11-17-12(20(2)3)19-13(18-11)21-9-7-5-6-8(14)10(9)15/h5-7H,4H2,1-3H3,(H,16,17,18,19). The molecule has 1 heterocycles. The summed E-state index contributed by atoms with van der Waals surface area (Å²) < 4.78 is 19.2. The number of ether oxygens (including phenoxy) is 1. The van der Waals surface area contributed by atoms with Crippen LogP contribution in [0.1, 0.15) is 6.92 Å². The zero-order valence-corrected chi connectivity index (χ0v) is 12.6. The molecule has 0 radical (unpaired) electrons. The normalized spacial score (nSPS) is 10.3. The van der Waals surface area contributed by atoms with Gasteiger partial charge in [0.2, 0.25) is 11.9 Å². The molecule has 0 bridgehead atoms. The van der Waals surface area contributed by atoms with E-state index in [9.17, 15) is 4.39 Å². The molecule has 112 valence electrons. The van der Waals surface area contributed by atoms with Crippen LogP contribution in [0.25, 0.3) is 0 Å². The maximum absolute atomic E-state index is 13.8. The van der Waals surface area contributed by atoms with E-state index in [2.05, 4.69) is 20.3 Å². The Kier molecular flexibility index (Phi) is 4.74. The fourth-order valence-corrected chi connectivity index (χ4v) is 1.66. The average Bonchev–Trinajstić information content (AvgIpc) is 2.44. The van der Waals surface area contributed by atoms with E-state index < -0.39 is 5.82 Å². The number of hydrogen-bond acceptors (Lipinski definition) is 6. The number of aromatic nitrogens is 3. The van der Waals surface area contributed by atoms with E-state index in [4.69, 9.17) is 16.3 Å². The molecule has 1 N–H and O–H groups in total. The largest absolute Gasteiger partial charge is 0.421 e. The molecule has 0 amide bonds. The van der Waals surface area contributed by atoms with Crippen molar-refractivity contribution in [3.63, 3.8) is 0 Å². The Morgan fingerprint density at radius 3 is 2.71 bits per heavy atom. The lowest BCUT2D eigenvalue weighted by Gasteiger charge is -2.13. The van der Waals surface area contributed by atoms with Gasteiger partial charge in [0, 0.05) is 20.6 Å². The summed E-state index contributed by atoms with van der Waals surface area (Å²) in [7, 11) is 3.57. The second kappa shape index (κ2) is 6.53. The fourth-order valence-electron chi connectivity index (χ4n) is 1.49. The first kappa shape index (κ1) is 15.2. The zero-order chi connectivity index (χ0) is 15.4. The summed E-state index contributed by atoms with van der Waals surface area (Å²) in [6.45, 7) is 2.55. The molecule has 0 fully saturated rings. The average molecular weight is 312 g/mol. The summed E-state index contributed by atoms with van der Waals surface area (Å²) in [6.07, 6.45) is 0. The Balaban J connectivity index is 2.36. The van der Waals surface area contributed by atoms with Crippen LogP contribution in [0.3, 0.4) is 0 Å². The number of benzene rings is 1. The lowest BCUT2D eigenvalue weighted by Crippen LogP contribution is -2.15. The molecular weight excluding hydrogens is 297 g/mol. The monoisotopic (exact) mass is 311 g/mol. The second-order valence-electron chi connectivity index (χ2n) is 4.32. The van der Waals surface area contributed by atoms with Gasteiger partial charge >= 0.3 is 6.01 Å². The molecule has 1 aromatic heterocycles. The Morgan fingerprint density at radius 2 is 2.05 bits per heavy atom. The highest BCUT2D eigenvalue weighted by molar-refractivity contribution is 6.30. The van der Waals surface area contributed by atoms with Gasteiger partial charge in [-0.05, 0) is 19.1 Å². The van der Waals surface area contributed by atoms with Crippen molar-refractivity contribution in [2.24, 2.45) is 0 Å². The summed E-state index contributed by atoms with van der Waals surface area (Å²) >= 11 is 5.71. The van der Waals surface area contributed by atoms with Gasteiger partial charge < -0.3 is 15.0 Å². The van der Waals surface area contributed by atoms with E-state index in [1.165, 1.54) is 12.1 Å². The third-order valence-electron chi connectivity index (χ3n) is 2.46. The summed E-state index contributed by atoms with van der Waals surface area (Å²) in [5.41, 5.74) is 0. The molecule has 1 aromatic carbocycles. The van der Waals surface area contributed by atoms with E-state index in [0.717, 1.165) is 0 Å². The van der Waals surface area contributed by atoms with Crippen molar-refractivity contribution in [3.05, 3.63) is 29.0 Å². The van der Waals surface area contributed by atoms with Gasteiger partial charge in [-0.3, -0.25) is 0 Å². The molecular formula is C13H15ClFN5O. The quantitative estimate of drug-likeness (QED) is 0.916. The van der Waals surface area contributed by atoms with Crippen LogP contribution in [0.4, 0.5) is 16.3 Å². The molecule has 0 unspecified atom stereocenters. The van der Waals surface area contributed by atoms with Crippen molar-refractivity contribution in [2.45, 2.75) is 6.92 Å². The molecule has 0 aliphatic rings. The molecule has 2 rings (SSSR count). The van der Waals surface area contributed by atoms with E-state index in [-0.39, 0.29) is 16.8 Å². The van der Waals surface area contributed by atoms with Crippen molar-refractivity contribution >= 4 is 23.5 Å². The number of nitrogens with zero attached hydrogens (tertiary/aromatic N) is 4. The minimum absolute atomic E-state index is 0.00850. The number of anilines is 2. The van der Waals surface area contributed by atoms with Crippen molar-refractivity contribution in [1.29, 1.82) is 0 Å². The van der Waals surface area contributed by atoms with Gasteiger partial charge in [-0.25, -0.2) is 4.39 Å². The van der Waals surface area contributed by atoms with Crippen molar-refractivity contribution in [3.8, 4) is 11.8 Å². The number of nitrogens with one attached hydrogen (secondary N) is 1. The highest BCUT2D eigenvalue weighted by Gasteiger charge is 2.13. The molecule has 0 saturated heterocycles. The van der Waals surface area contributed by atoms with Crippen LogP contribution in [-0.4, -0.2) is 35.6 Å². The van der Waals surface area contributed by atoms with Crippen LogP contribution >= 0.6 is 11.6 Å². The predicted octanol–water partition coefficient (Wildman–Crippen LogP) is 2.95. The zero-order valence-electron chi connectivity index (χ0n) is 11.9. The molecule has 0 atom stereocenters. The summed E-state index contributed by atoms with van der Waals surface area (Å²) in [4.78, 5) is 14.1. The molecule has 0 aliphatic heterocycles. The Hall–Kier alpha value is -2.15. The molecule has 0 aliphatic carbocycles. The van der Waals surface area contributed by atoms with Crippen molar-refractivity contribution in [1.82, 2.24) is 15.0 Å². The van der Waals surface area contributed by atoms with Gasteiger partial charge in [0.25, 0.3) is 0 Å². The topological polar surface area (TPSA) is 63.2 Å². The number of hydrogen-bond donors (Lipinski definition) is 1. The minimum atomic E-state index is -0.656. The molecule has 0 saturated carbocycles. The second-order valence-corrected chi connectivity index (χ2v) is 4.73. The lowest BCUT2D eigenvalue weighted by molar-refractivity contribution is 0.410. The van der Waals surface area contributed by atoms with Gasteiger partial charge in [-0.1, -0.05) is 17.7 Å². The maximum atomic E-state index is 13.8. The first-order valence-electron chi connectivity index (χ1n) is 6.30. The molecule has 8 heteroatoms. The van der Waals surface area contributed by atoms with E-state index in [1.807, 2.05) is 6.92 Å². The van der Waals surface area contributed by atoms with Gasteiger partial charge in [0.05, 0.1) is 5.02 Å².